The summed E-state index contributed by atoms with van der Waals surface area (Å²) in [5.41, 5.74) is 2.55. The molecule has 2 aromatic carbocycles. The Morgan fingerprint density at radius 2 is 1.79 bits per heavy atom. The number of rotatable bonds is 7. The lowest BCUT2D eigenvalue weighted by atomic mass is 10.2. The molecule has 0 bridgehead atoms. The van der Waals surface area contributed by atoms with Gasteiger partial charge in [-0.2, -0.15) is 0 Å². The third-order valence-corrected chi connectivity index (χ3v) is 4.86. The van der Waals surface area contributed by atoms with Crippen molar-refractivity contribution in [3.8, 4) is 5.75 Å². The lowest BCUT2D eigenvalue weighted by Gasteiger charge is -2.30. The molecule has 1 aliphatic rings. The Balaban J connectivity index is 1.69. The fourth-order valence-electron chi connectivity index (χ4n) is 3.34. The van der Waals surface area contributed by atoms with Crippen molar-refractivity contribution in [3.05, 3.63) is 54.1 Å². The van der Waals surface area contributed by atoms with Crippen LogP contribution < -0.4 is 15.0 Å². The van der Waals surface area contributed by atoms with Crippen molar-refractivity contribution in [3.63, 3.8) is 0 Å². The standard InChI is InChI=1S/C22H27N3O4/c1-17(26)25(15-18-7-3-6-10-21(18)28-2)16-22(27)23-19-8-4-5-9-20(19)24-11-13-29-14-12-24/h3-10H,11-16H2,1-2H3,(H,23,27). The maximum Gasteiger partial charge on any atom is 0.244 e. The van der Waals surface area contributed by atoms with Crippen LogP contribution in [-0.2, 0) is 20.9 Å². The zero-order chi connectivity index (χ0) is 20.6. The minimum absolute atomic E-state index is 0.0369. The summed E-state index contributed by atoms with van der Waals surface area (Å²) in [6.45, 7) is 4.62. The fraction of sp³-hybridized carbons (Fsp3) is 0.364. The van der Waals surface area contributed by atoms with E-state index in [4.69, 9.17) is 9.47 Å². The van der Waals surface area contributed by atoms with E-state index in [1.165, 1.54) is 11.8 Å². The summed E-state index contributed by atoms with van der Waals surface area (Å²) in [6.07, 6.45) is 0. The number of carbonyl (C=O) groups is 2. The maximum absolute atomic E-state index is 12.7. The topological polar surface area (TPSA) is 71.1 Å². The number of benzene rings is 2. The predicted octanol–water partition coefficient (Wildman–Crippen LogP) is 2.52. The van der Waals surface area contributed by atoms with Crippen LogP contribution in [0.2, 0.25) is 0 Å². The quantitative estimate of drug-likeness (QED) is 0.777. The van der Waals surface area contributed by atoms with Gasteiger partial charge in [0.05, 0.1) is 31.7 Å². The lowest BCUT2D eigenvalue weighted by Crippen LogP contribution is -2.38. The van der Waals surface area contributed by atoms with E-state index < -0.39 is 0 Å². The summed E-state index contributed by atoms with van der Waals surface area (Å²) in [5.74, 6) is 0.278. The number of nitrogens with zero attached hydrogens (tertiary/aromatic N) is 2. The van der Waals surface area contributed by atoms with Crippen molar-refractivity contribution in [2.45, 2.75) is 13.5 Å². The van der Waals surface area contributed by atoms with Crippen LogP contribution in [0.3, 0.4) is 0 Å². The van der Waals surface area contributed by atoms with E-state index in [1.807, 2.05) is 48.5 Å². The van der Waals surface area contributed by atoms with Gasteiger partial charge in [-0.1, -0.05) is 30.3 Å². The van der Waals surface area contributed by atoms with Crippen LogP contribution in [0.4, 0.5) is 11.4 Å². The van der Waals surface area contributed by atoms with E-state index in [-0.39, 0.29) is 18.4 Å². The molecular weight excluding hydrogens is 370 g/mol. The van der Waals surface area contributed by atoms with Gasteiger partial charge in [0.25, 0.3) is 0 Å². The van der Waals surface area contributed by atoms with Crippen LogP contribution in [0.1, 0.15) is 12.5 Å². The van der Waals surface area contributed by atoms with Crippen molar-refractivity contribution < 1.29 is 19.1 Å². The molecule has 1 aliphatic heterocycles. The Kier molecular flexibility index (Phi) is 7.08. The van der Waals surface area contributed by atoms with Crippen LogP contribution in [0.5, 0.6) is 5.75 Å². The Morgan fingerprint density at radius 1 is 1.10 bits per heavy atom. The summed E-state index contributed by atoms with van der Waals surface area (Å²) < 4.78 is 10.8. The zero-order valence-electron chi connectivity index (χ0n) is 16.9. The number of morpholine rings is 1. The second kappa shape index (κ2) is 9.93. The minimum atomic E-state index is -0.240. The molecule has 2 amide bonds. The largest absolute Gasteiger partial charge is 0.496 e. The molecule has 7 heteroatoms. The van der Waals surface area contributed by atoms with E-state index in [0.717, 1.165) is 30.0 Å². The first-order valence-electron chi connectivity index (χ1n) is 9.67. The van der Waals surface area contributed by atoms with E-state index in [9.17, 15) is 9.59 Å². The van der Waals surface area contributed by atoms with Gasteiger partial charge in [0.15, 0.2) is 0 Å². The van der Waals surface area contributed by atoms with Crippen LogP contribution in [0, 0.1) is 0 Å². The van der Waals surface area contributed by atoms with Gasteiger partial charge in [-0.15, -0.1) is 0 Å². The Bertz CT molecular complexity index is 849. The Labute approximate surface area is 171 Å². The summed E-state index contributed by atoms with van der Waals surface area (Å²) in [5, 5.41) is 2.96. The molecule has 0 unspecified atom stereocenters. The molecule has 1 N–H and O–H groups in total. The molecule has 1 saturated heterocycles. The number of anilines is 2. The smallest absolute Gasteiger partial charge is 0.244 e. The summed E-state index contributed by atoms with van der Waals surface area (Å²) >= 11 is 0. The maximum atomic E-state index is 12.7. The first-order valence-corrected chi connectivity index (χ1v) is 9.67. The fourth-order valence-corrected chi connectivity index (χ4v) is 3.34. The van der Waals surface area contributed by atoms with Gasteiger partial charge in [-0.05, 0) is 18.2 Å². The molecule has 3 rings (SSSR count). The molecule has 0 atom stereocenters. The predicted molar refractivity (Wildman–Crippen MR) is 112 cm³/mol. The van der Waals surface area contributed by atoms with Gasteiger partial charge >= 0.3 is 0 Å². The summed E-state index contributed by atoms with van der Waals surface area (Å²) in [6, 6.07) is 15.2. The number of amides is 2. The van der Waals surface area contributed by atoms with Crippen molar-refractivity contribution in [1.82, 2.24) is 4.90 Å². The van der Waals surface area contributed by atoms with Gasteiger partial charge in [0.2, 0.25) is 11.8 Å². The third kappa shape index (κ3) is 5.48. The number of nitrogens with one attached hydrogen (secondary N) is 1. The molecule has 0 aliphatic carbocycles. The highest BCUT2D eigenvalue weighted by Crippen LogP contribution is 2.26. The van der Waals surface area contributed by atoms with Crippen molar-refractivity contribution in [1.29, 1.82) is 0 Å². The average Bonchev–Trinajstić information content (AvgIpc) is 2.74. The van der Waals surface area contributed by atoms with Crippen molar-refractivity contribution in [2.24, 2.45) is 0 Å². The molecule has 2 aromatic rings. The number of ether oxygens (including phenoxy) is 2. The Hall–Kier alpha value is -3.06. The van der Waals surface area contributed by atoms with Crippen LogP contribution in [-0.4, -0.2) is 56.7 Å². The van der Waals surface area contributed by atoms with Crippen molar-refractivity contribution in [2.75, 3.05) is 50.2 Å². The summed E-state index contributed by atoms with van der Waals surface area (Å²) in [4.78, 5) is 28.6. The molecule has 7 nitrogen and oxygen atoms in total. The van der Waals surface area contributed by atoms with Crippen LogP contribution in [0.15, 0.2) is 48.5 Å². The second-order valence-corrected chi connectivity index (χ2v) is 6.85. The van der Waals surface area contributed by atoms with Gasteiger partial charge in [-0.3, -0.25) is 9.59 Å². The second-order valence-electron chi connectivity index (χ2n) is 6.85. The zero-order valence-corrected chi connectivity index (χ0v) is 16.9. The molecule has 0 radical (unpaired) electrons. The third-order valence-electron chi connectivity index (χ3n) is 4.86. The van der Waals surface area contributed by atoms with Gasteiger partial charge in [0.1, 0.15) is 12.3 Å². The highest BCUT2D eigenvalue weighted by Gasteiger charge is 2.19. The van der Waals surface area contributed by atoms with E-state index in [1.54, 1.807) is 7.11 Å². The van der Waals surface area contributed by atoms with E-state index >= 15 is 0 Å². The average molecular weight is 397 g/mol. The molecule has 1 heterocycles. The van der Waals surface area contributed by atoms with Crippen LogP contribution in [0.25, 0.3) is 0 Å². The monoisotopic (exact) mass is 397 g/mol. The first-order chi connectivity index (χ1) is 14.1. The molecular formula is C22H27N3O4. The molecule has 0 spiro atoms. The number of hydrogen-bond donors (Lipinski definition) is 1. The number of carbonyl (C=O) groups excluding carboxylic acids is 2. The van der Waals surface area contributed by atoms with Crippen molar-refractivity contribution >= 4 is 23.2 Å². The van der Waals surface area contributed by atoms with E-state index in [0.29, 0.717) is 25.5 Å². The highest BCUT2D eigenvalue weighted by atomic mass is 16.5. The SMILES string of the molecule is COc1ccccc1CN(CC(=O)Nc1ccccc1N1CCOCC1)C(C)=O. The van der Waals surface area contributed by atoms with Gasteiger partial charge < -0.3 is 24.6 Å². The number of hydrogen-bond acceptors (Lipinski definition) is 5. The number of methoxy groups -OCH3 is 1. The minimum Gasteiger partial charge on any atom is -0.496 e. The van der Waals surface area contributed by atoms with Gasteiger partial charge in [-0.25, -0.2) is 0 Å². The molecule has 0 saturated carbocycles. The molecule has 1 fully saturated rings. The lowest BCUT2D eigenvalue weighted by molar-refractivity contribution is -0.133. The number of para-hydroxylation sites is 3. The molecule has 0 aromatic heterocycles. The molecule has 154 valence electrons. The highest BCUT2D eigenvalue weighted by molar-refractivity contribution is 5.97. The Morgan fingerprint density at radius 3 is 2.52 bits per heavy atom. The van der Waals surface area contributed by atoms with E-state index in [2.05, 4.69) is 10.2 Å². The van der Waals surface area contributed by atoms with Crippen LogP contribution >= 0.6 is 0 Å². The summed E-state index contributed by atoms with van der Waals surface area (Å²) in [7, 11) is 1.59. The molecule has 29 heavy (non-hydrogen) atoms. The normalized spacial score (nSPS) is 13.7. The first kappa shape index (κ1) is 20.7. The van der Waals surface area contributed by atoms with Gasteiger partial charge in [0, 0.05) is 32.1 Å².